The number of hydrogen-bond donors (Lipinski definition) is 3. The lowest BCUT2D eigenvalue weighted by Gasteiger charge is -2.44. The van der Waals surface area contributed by atoms with Crippen molar-refractivity contribution in [2.24, 2.45) is 10.7 Å². The zero-order chi connectivity index (χ0) is 25.3. The normalized spacial score (nSPS) is 24.2. The molecule has 2 heterocycles. The summed E-state index contributed by atoms with van der Waals surface area (Å²) < 4.78 is 0. The average molecular weight is 489 g/mol. The fraction of sp³-hybridized carbons (Fsp3) is 0.517. The summed E-state index contributed by atoms with van der Waals surface area (Å²) >= 11 is 0. The highest BCUT2D eigenvalue weighted by molar-refractivity contribution is 5.97. The summed E-state index contributed by atoms with van der Waals surface area (Å²) in [5.74, 6) is 1.03. The molecule has 5 rings (SSSR count). The van der Waals surface area contributed by atoms with Crippen molar-refractivity contribution in [2.75, 3.05) is 30.0 Å². The van der Waals surface area contributed by atoms with Gasteiger partial charge in [-0.3, -0.25) is 4.79 Å². The number of benzene rings is 2. The molecule has 0 aromatic heterocycles. The van der Waals surface area contributed by atoms with Crippen LogP contribution in [0.25, 0.3) is 0 Å². The first-order chi connectivity index (χ1) is 17.4. The van der Waals surface area contributed by atoms with Gasteiger partial charge in [-0.25, -0.2) is 4.99 Å². The molecule has 1 saturated carbocycles. The van der Waals surface area contributed by atoms with E-state index >= 15 is 0 Å². The first kappa shape index (κ1) is 24.6. The summed E-state index contributed by atoms with van der Waals surface area (Å²) in [6, 6.07) is 14.9. The zero-order valence-electron chi connectivity index (χ0n) is 21.9. The van der Waals surface area contributed by atoms with Crippen LogP contribution in [0.1, 0.15) is 55.2 Å². The number of piperidine rings is 1. The second kappa shape index (κ2) is 10.1. The molecule has 3 aliphatic rings. The van der Waals surface area contributed by atoms with E-state index < -0.39 is 5.54 Å². The van der Waals surface area contributed by atoms with Crippen LogP contribution in [-0.2, 0) is 4.79 Å². The van der Waals surface area contributed by atoms with Crippen LogP contribution in [-0.4, -0.2) is 54.1 Å². The molecule has 1 aliphatic carbocycles. The summed E-state index contributed by atoms with van der Waals surface area (Å²) in [5, 5.41) is 6.83. The van der Waals surface area contributed by atoms with Crippen molar-refractivity contribution in [1.82, 2.24) is 10.2 Å². The van der Waals surface area contributed by atoms with Gasteiger partial charge in [0.1, 0.15) is 5.54 Å². The molecular weight excluding hydrogens is 448 g/mol. The van der Waals surface area contributed by atoms with E-state index in [9.17, 15) is 4.79 Å². The molecular formula is C29H40N6O. The highest BCUT2D eigenvalue weighted by Gasteiger charge is 2.50. The minimum Gasteiger partial charge on any atom is -0.342 e. The van der Waals surface area contributed by atoms with E-state index in [1.807, 2.05) is 18.2 Å². The van der Waals surface area contributed by atoms with Gasteiger partial charge in [-0.05, 0) is 69.7 Å². The van der Waals surface area contributed by atoms with Crippen LogP contribution < -0.4 is 21.3 Å². The van der Waals surface area contributed by atoms with Gasteiger partial charge in [0.15, 0.2) is 5.96 Å². The predicted molar refractivity (Wildman–Crippen MR) is 147 cm³/mol. The number of anilines is 2. The number of rotatable bonds is 3. The lowest BCUT2D eigenvalue weighted by atomic mass is 9.85. The molecule has 0 radical (unpaired) electrons. The molecule has 36 heavy (non-hydrogen) atoms. The number of nitrogens with zero attached hydrogens (tertiary/aromatic N) is 3. The Kier molecular flexibility index (Phi) is 6.93. The number of carbonyl (C=O) groups excluding carboxylic acids is 1. The largest absolute Gasteiger partial charge is 0.342 e. The smallest absolute Gasteiger partial charge is 0.247 e. The molecule has 1 amide bonds. The average Bonchev–Trinajstić information content (AvgIpc) is 3.18. The summed E-state index contributed by atoms with van der Waals surface area (Å²) in [4.78, 5) is 23.0. The lowest BCUT2D eigenvalue weighted by Crippen LogP contribution is -2.58. The molecule has 4 N–H and O–H groups in total. The highest BCUT2D eigenvalue weighted by atomic mass is 16.2. The van der Waals surface area contributed by atoms with Crippen molar-refractivity contribution in [3.8, 4) is 0 Å². The van der Waals surface area contributed by atoms with Crippen LogP contribution in [0.3, 0.4) is 0 Å². The number of para-hydroxylation sites is 1. The van der Waals surface area contributed by atoms with Crippen LogP contribution >= 0.6 is 0 Å². The Balaban J connectivity index is 1.41. The molecule has 2 aliphatic heterocycles. The number of nitrogens with two attached hydrogens (primary N) is 1. The van der Waals surface area contributed by atoms with Crippen molar-refractivity contribution in [1.29, 1.82) is 0 Å². The van der Waals surface area contributed by atoms with Crippen molar-refractivity contribution in [3.05, 3.63) is 59.2 Å². The number of amides is 1. The number of hydrogen-bond acceptors (Lipinski definition) is 4. The SMILES string of the molecule is Cc1cc(C)c(NC(=N[C@H]2CCCC[C@@H]2N)N2CCC3(CC2)C(=O)NCN3c2ccccc2)c(C)c1. The maximum Gasteiger partial charge on any atom is 0.247 e. The zero-order valence-corrected chi connectivity index (χ0v) is 21.9. The molecule has 2 aromatic carbocycles. The van der Waals surface area contributed by atoms with Gasteiger partial charge in [0.2, 0.25) is 5.91 Å². The van der Waals surface area contributed by atoms with E-state index in [-0.39, 0.29) is 18.0 Å². The van der Waals surface area contributed by atoms with E-state index in [0.29, 0.717) is 6.67 Å². The lowest BCUT2D eigenvalue weighted by molar-refractivity contribution is -0.124. The topological polar surface area (TPSA) is 86.0 Å². The van der Waals surface area contributed by atoms with Crippen LogP contribution in [0.4, 0.5) is 11.4 Å². The number of aliphatic imine (C=N–C) groups is 1. The van der Waals surface area contributed by atoms with E-state index in [1.54, 1.807) is 0 Å². The maximum atomic E-state index is 13.1. The maximum absolute atomic E-state index is 13.1. The second-order valence-electron chi connectivity index (χ2n) is 10.8. The molecule has 2 saturated heterocycles. The van der Waals surface area contributed by atoms with Crippen LogP contribution in [0, 0.1) is 20.8 Å². The Bertz CT molecular complexity index is 1100. The predicted octanol–water partition coefficient (Wildman–Crippen LogP) is 4.08. The summed E-state index contributed by atoms with van der Waals surface area (Å²) in [5.41, 5.74) is 11.9. The van der Waals surface area contributed by atoms with Crippen LogP contribution in [0.2, 0.25) is 0 Å². The van der Waals surface area contributed by atoms with E-state index in [4.69, 9.17) is 10.7 Å². The molecule has 3 fully saturated rings. The highest BCUT2D eigenvalue weighted by Crippen LogP contribution is 2.36. The van der Waals surface area contributed by atoms with Crippen molar-refractivity contribution in [3.63, 3.8) is 0 Å². The fourth-order valence-electron chi connectivity index (χ4n) is 6.26. The quantitative estimate of drug-likeness (QED) is 0.448. The monoisotopic (exact) mass is 488 g/mol. The molecule has 1 spiro atoms. The first-order valence-electron chi connectivity index (χ1n) is 13.4. The molecule has 2 aromatic rings. The third-order valence-electron chi connectivity index (χ3n) is 8.28. The molecule has 7 heteroatoms. The van der Waals surface area contributed by atoms with E-state index in [2.05, 4.69) is 65.5 Å². The van der Waals surface area contributed by atoms with Crippen LogP contribution in [0.5, 0.6) is 0 Å². The number of guanidine groups is 1. The summed E-state index contributed by atoms with van der Waals surface area (Å²) in [7, 11) is 0. The Hall–Kier alpha value is -3.06. The van der Waals surface area contributed by atoms with Gasteiger partial charge >= 0.3 is 0 Å². The third kappa shape index (κ3) is 4.69. The molecule has 0 unspecified atom stereocenters. The van der Waals surface area contributed by atoms with Gasteiger partial charge in [-0.1, -0.05) is 48.7 Å². The first-order valence-corrected chi connectivity index (χ1v) is 13.4. The number of nitrogens with one attached hydrogen (secondary N) is 2. The second-order valence-corrected chi connectivity index (χ2v) is 10.8. The Morgan fingerprint density at radius 2 is 1.72 bits per heavy atom. The van der Waals surface area contributed by atoms with Gasteiger partial charge in [0, 0.05) is 30.5 Å². The Labute approximate surface area is 215 Å². The Morgan fingerprint density at radius 1 is 1.06 bits per heavy atom. The minimum atomic E-state index is -0.514. The van der Waals surface area contributed by atoms with Crippen molar-refractivity contribution < 1.29 is 4.79 Å². The third-order valence-corrected chi connectivity index (χ3v) is 8.28. The van der Waals surface area contributed by atoms with E-state index in [0.717, 1.165) is 56.1 Å². The van der Waals surface area contributed by atoms with Crippen molar-refractivity contribution in [2.45, 2.75) is 76.9 Å². The Morgan fingerprint density at radius 3 is 2.39 bits per heavy atom. The van der Waals surface area contributed by atoms with Gasteiger partial charge < -0.3 is 26.2 Å². The van der Waals surface area contributed by atoms with Crippen molar-refractivity contribution >= 4 is 23.2 Å². The van der Waals surface area contributed by atoms with Crippen LogP contribution in [0.15, 0.2) is 47.5 Å². The minimum absolute atomic E-state index is 0.0982. The molecule has 192 valence electrons. The summed E-state index contributed by atoms with van der Waals surface area (Å²) in [6.07, 6.45) is 5.91. The number of aryl methyl sites for hydroxylation is 3. The van der Waals surface area contributed by atoms with Gasteiger partial charge in [-0.15, -0.1) is 0 Å². The van der Waals surface area contributed by atoms with Gasteiger partial charge in [0.05, 0.1) is 12.7 Å². The molecule has 0 bridgehead atoms. The molecule has 2 atom stereocenters. The number of likely N-dealkylation sites (tertiary alicyclic amines) is 1. The summed E-state index contributed by atoms with van der Waals surface area (Å²) in [6.45, 7) is 8.51. The van der Waals surface area contributed by atoms with E-state index in [1.165, 1.54) is 29.5 Å². The van der Waals surface area contributed by atoms with Gasteiger partial charge in [0.25, 0.3) is 0 Å². The van der Waals surface area contributed by atoms with Gasteiger partial charge in [-0.2, -0.15) is 0 Å². The number of carbonyl (C=O) groups is 1. The molecule has 7 nitrogen and oxygen atoms in total. The fourth-order valence-corrected chi connectivity index (χ4v) is 6.26. The standard InChI is InChI=1S/C29H40N6O/c1-20-17-21(2)26(22(3)18-20)33-28(32-25-12-8-7-11-24(25)30)34-15-13-29(14-16-34)27(36)31-19-35(29)23-9-5-4-6-10-23/h4-6,9-10,17-18,24-25H,7-8,11-16,19,30H2,1-3H3,(H,31,36)(H,32,33)/t24-,25-/m0/s1.